The van der Waals surface area contributed by atoms with Gasteiger partial charge >= 0.3 is 0 Å². The third-order valence-corrected chi connectivity index (χ3v) is 2.73. The van der Waals surface area contributed by atoms with Crippen molar-refractivity contribution < 1.29 is 0 Å². The van der Waals surface area contributed by atoms with Gasteiger partial charge in [0.2, 0.25) is 0 Å². The highest BCUT2D eigenvalue weighted by Gasteiger charge is 2.01. The van der Waals surface area contributed by atoms with Gasteiger partial charge in [0, 0.05) is 23.1 Å². The molecule has 0 aliphatic carbocycles. The zero-order valence-electron chi connectivity index (χ0n) is 6.61. The second-order valence-corrected chi connectivity index (χ2v) is 4.32. The summed E-state index contributed by atoms with van der Waals surface area (Å²) < 4.78 is 3.98. The molecule has 0 aliphatic rings. The molecule has 0 aromatic carbocycles. The van der Waals surface area contributed by atoms with E-state index >= 15 is 0 Å². The number of aromatic nitrogens is 2. The summed E-state index contributed by atoms with van der Waals surface area (Å²) in [6.07, 6.45) is 5.69. The molecule has 13 heavy (non-hydrogen) atoms. The topological polar surface area (TPSA) is 17.8 Å². The molecule has 2 heterocycles. The third-order valence-electron chi connectivity index (χ3n) is 1.64. The lowest BCUT2D eigenvalue weighted by atomic mass is 10.4. The number of halogens is 2. The van der Waals surface area contributed by atoms with E-state index in [-0.39, 0.29) is 0 Å². The van der Waals surface area contributed by atoms with E-state index in [0.717, 1.165) is 14.8 Å². The third kappa shape index (κ3) is 1.84. The maximum Gasteiger partial charge on any atom is 0.150 e. The zero-order chi connectivity index (χ0) is 9.26. The Hall–Kier alpha value is -0.610. The molecule has 2 rings (SSSR count). The van der Waals surface area contributed by atoms with Gasteiger partial charge in [0.05, 0.1) is 4.47 Å². The van der Waals surface area contributed by atoms with E-state index in [2.05, 4.69) is 36.8 Å². The predicted octanol–water partition coefficient (Wildman–Crippen LogP) is 3.40. The predicted molar refractivity (Wildman–Crippen MR) is 59.0 cm³/mol. The Morgan fingerprint density at radius 1 is 1.23 bits per heavy atom. The first kappa shape index (κ1) is 8.97. The maximum absolute atomic E-state index is 4.26. The molecule has 0 bridgehead atoms. The van der Waals surface area contributed by atoms with Gasteiger partial charge in [-0.1, -0.05) is 0 Å². The molecule has 0 saturated carbocycles. The van der Waals surface area contributed by atoms with Crippen LogP contribution in [0.2, 0.25) is 0 Å². The molecule has 0 amide bonds. The zero-order valence-corrected chi connectivity index (χ0v) is 9.79. The first-order valence-corrected chi connectivity index (χ1v) is 5.30. The van der Waals surface area contributed by atoms with Gasteiger partial charge < -0.3 is 4.57 Å². The summed E-state index contributed by atoms with van der Waals surface area (Å²) in [5, 5.41) is 0. The summed E-state index contributed by atoms with van der Waals surface area (Å²) in [6.45, 7) is 0. The van der Waals surface area contributed by atoms with Crippen LogP contribution in [0.15, 0.2) is 45.7 Å². The fourth-order valence-corrected chi connectivity index (χ4v) is 1.87. The van der Waals surface area contributed by atoms with Crippen molar-refractivity contribution in [1.82, 2.24) is 9.55 Å². The summed E-state index contributed by atoms with van der Waals surface area (Å²) >= 11 is 6.83. The molecule has 0 spiro atoms. The van der Waals surface area contributed by atoms with Gasteiger partial charge in [0.1, 0.15) is 0 Å². The molecule has 0 unspecified atom stereocenters. The van der Waals surface area contributed by atoms with Crippen LogP contribution in [0, 0.1) is 0 Å². The van der Waals surface area contributed by atoms with Gasteiger partial charge in [-0.25, -0.2) is 4.98 Å². The van der Waals surface area contributed by atoms with Gasteiger partial charge in [-0.2, -0.15) is 0 Å². The smallest absolute Gasteiger partial charge is 0.150 e. The largest absolute Gasteiger partial charge is 0.307 e. The average Bonchev–Trinajstić information content (AvgIpc) is 2.53. The van der Waals surface area contributed by atoms with Crippen LogP contribution >= 0.6 is 31.9 Å². The Morgan fingerprint density at radius 2 is 2.08 bits per heavy atom. The molecule has 2 aromatic rings. The van der Waals surface area contributed by atoms with Crippen LogP contribution in [0.4, 0.5) is 0 Å². The second kappa shape index (κ2) is 3.64. The Morgan fingerprint density at radius 3 is 2.69 bits per heavy atom. The molecule has 0 aliphatic heterocycles. The summed E-state index contributed by atoms with van der Waals surface area (Å²) in [5.74, 6) is 0.896. The maximum atomic E-state index is 4.26. The van der Waals surface area contributed by atoms with Gasteiger partial charge in [-0.15, -0.1) is 0 Å². The van der Waals surface area contributed by atoms with E-state index in [1.807, 2.05) is 35.2 Å². The first-order valence-electron chi connectivity index (χ1n) is 3.72. The molecular formula is C9H6Br2N2. The molecule has 0 N–H and O–H groups in total. The van der Waals surface area contributed by atoms with Crippen LogP contribution in [-0.4, -0.2) is 9.55 Å². The minimum Gasteiger partial charge on any atom is -0.307 e. The normalized spacial score (nSPS) is 10.3. The summed E-state index contributed by atoms with van der Waals surface area (Å²) in [7, 11) is 0. The Kier molecular flexibility index (Phi) is 2.51. The highest BCUT2D eigenvalue weighted by atomic mass is 79.9. The molecular weight excluding hydrogens is 296 g/mol. The number of hydrogen-bond donors (Lipinski definition) is 0. The number of nitrogens with zero attached hydrogens (tertiary/aromatic N) is 2. The average molecular weight is 302 g/mol. The van der Waals surface area contributed by atoms with Crippen molar-refractivity contribution in [2.24, 2.45) is 0 Å². The van der Waals surface area contributed by atoms with Crippen molar-refractivity contribution in [2.75, 3.05) is 0 Å². The van der Waals surface area contributed by atoms with E-state index in [9.17, 15) is 0 Å². The Labute approximate surface area is 92.9 Å². The highest BCUT2D eigenvalue weighted by molar-refractivity contribution is 9.10. The van der Waals surface area contributed by atoms with Crippen LogP contribution in [0.25, 0.3) is 5.82 Å². The van der Waals surface area contributed by atoms with E-state index in [0.29, 0.717) is 0 Å². The molecule has 0 fully saturated rings. The lowest BCUT2D eigenvalue weighted by Gasteiger charge is -2.02. The van der Waals surface area contributed by atoms with Gasteiger partial charge in [-0.3, -0.25) is 0 Å². The van der Waals surface area contributed by atoms with Crippen LogP contribution in [0.5, 0.6) is 0 Å². The summed E-state index contributed by atoms with van der Waals surface area (Å²) in [4.78, 5) is 4.26. The standard InChI is InChI=1S/C9H6Br2N2/c10-7-3-5-13(6-7)9-8(11)2-1-4-12-9/h1-6H. The van der Waals surface area contributed by atoms with Crippen LogP contribution in [0.3, 0.4) is 0 Å². The van der Waals surface area contributed by atoms with Crippen molar-refractivity contribution in [3.63, 3.8) is 0 Å². The molecule has 66 valence electrons. The molecule has 4 heteroatoms. The molecule has 0 atom stereocenters. The molecule has 0 radical (unpaired) electrons. The van der Waals surface area contributed by atoms with Crippen molar-refractivity contribution >= 4 is 31.9 Å². The Bertz CT molecular complexity index is 423. The van der Waals surface area contributed by atoms with Gasteiger partial charge in [0.15, 0.2) is 5.82 Å². The SMILES string of the molecule is Brc1ccn(-c2ncccc2Br)c1. The minimum atomic E-state index is 0.896. The second-order valence-electron chi connectivity index (χ2n) is 2.55. The Balaban J connectivity index is 2.52. The van der Waals surface area contributed by atoms with Crippen LogP contribution < -0.4 is 0 Å². The molecule has 2 aromatic heterocycles. The fraction of sp³-hybridized carbons (Fsp3) is 0. The monoisotopic (exact) mass is 300 g/mol. The van der Waals surface area contributed by atoms with E-state index < -0.39 is 0 Å². The number of pyridine rings is 1. The van der Waals surface area contributed by atoms with E-state index in [1.54, 1.807) is 6.20 Å². The van der Waals surface area contributed by atoms with Crippen LogP contribution in [0.1, 0.15) is 0 Å². The van der Waals surface area contributed by atoms with E-state index in [4.69, 9.17) is 0 Å². The first-order chi connectivity index (χ1) is 6.27. The number of rotatable bonds is 1. The van der Waals surface area contributed by atoms with Crippen molar-refractivity contribution in [3.05, 3.63) is 45.7 Å². The van der Waals surface area contributed by atoms with E-state index in [1.165, 1.54) is 0 Å². The van der Waals surface area contributed by atoms with Crippen molar-refractivity contribution in [2.45, 2.75) is 0 Å². The highest BCUT2D eigenvalue weighted by Crippen LogP contribution is 2.20. The van der Waals surface area contributed by atoms with Crippen molar-refractivity contribution in [1.29, 1.82) is 0 Å². The van der Waals surface area contributed by atoms with Gasteiger partial charge in [0.25, 0.3) is 0 Å². The molecule has 2 nitrogen and oxygen atoms in total. The molecule has 0 saturated heterocycles. The van der Waals surface area contributed by atoms with Crippen LogP contribution in [-0.2, 0) is 0 Å². The summed E-state index contributed by atoms with van der Waals surface area (Å²) in [5.41, 5.74) is 0. The van der Waals surface area contributed by atoms with Gasteiger partial charge in [-0.05, 0) is 50.1 Å². The summed E-state index contributed by atoms with van der Waals surface area (Å²) in [6, 6.07) is 5.84. The van der Waals surface area contributed by atoms with Crippen molar-refractivity contribution in [3.8, 4) is 5.82 Å². The lowest BCUT2D eigenvalue weighted by molar-refractivity contribution is 0.997. The minimum absolute atomic E-state index is 0.896. The number of hydrogen-bond acceptors (Lipinski definition) is 1. The lowest BCUT2D eigenvalue weighted by Crippen LogP contribution is -1.93. The fourth-order valence-electron chi connectivity index (χ4n) is 1.07. The quantitative estimate of drug-likeness (QED) is 0.789.